The maximum atomic E-state index is 11.1. The van der Waals surface area contributed by atoms with Crippen molar-refractivity contribution in [3.8, 4) is 11.8 Å². The molecule has 3 nitrogen and oxygen atoms in total. The quantitative estimate of drug-likeness (QED) is 0.598. The van der Waals surface area contributed by atoms with Crippen molar-refractivity contribution in [2.24, 2.45) is 0 Å². The second kappa shape index (κ2) is 5.72. The fourth-order valence-electron chi connectivity index (χ4n) is 1.13. The smallest absolute Gasteiger partial charge is 0.217 e. The van der Waals surface area contributed by atoms with Crippen molar-refractivity contribution in [2.45, 2.75) is 13.8 Å². The lowest BCUT2D eigenvalue weighted by Crippen LogP contribution is -2.19. The highest BCUT2D eigenvalue weighted by molar-refractivity contribution is 5.94. The number of carbonyl (C=O) groups is 2. The van der Waals surface area contributed by atoms with Crippen LogP contribution in [0.2, 0.25) is 0 Å². The van der Waals surface area contributed by atoms with Gasteiger partial charge in [0.15, 0.2) is 5.78 Å². The molecule has 0 fully saturated rings. The van der Waals surface area contributed by atoms with Crippen molar-refractivity contribution in [3.05, 3.63) is 35.4 Å². The summed E-state index contributed by atoms with van der Waals surface area (Å²) in [6.07, 6.45) is 0. The van der Waals surface area contributed by atoms with E-state index in [-0.39, 0.29) is 11.7 Å². The van der Waals surface area contributed by atoms with E-state index in [1.807, 2.05) is 6.07 Å². The molecule has 3 heteroatoms. The van der Waals surface area contributed by atoms with Crippen LogP contribution >= 0.6 is 0 Å². The van der Waals surface area contributed by atoms with Crippen molar-refractivity contribution < 1.29 is 9.59 Å². The minimum Gasteiger partial charge on any atom is -0.345 e. The molecule has 1 rings (SSSR count). The minimum atomic E-state index is -0.105. The molecule has 0 aliphatic rings. The van der Waals surface area contributed by atoms with Gasteiger partial charge in [0.1, 0.15) is 0 Å². The summed E-state index contributed by atoms with van der Waals surface area (Å²) in [6, 6.07) is 7.11. The highest BCUT2D eigenvalue weighted by Crippen LogP contribution is 2.04. The molecule has 0 saturated carbocycles. The van der Waals surface area contributed by atoms with Crippen molar-refractivity contribution in [2.75, 3.05) is 6.54 Å². The molecule has 0 aliphatic carbocycles. The zero-order valence-electron chi connectivity index (χ0n) is 9.33. The van der Waals surface area contributed by atoms with Crippen LogP contribution in [-0.2, 0) is 4.79 Å². The Bertz CT molecular complexity index is 466. The normalized spacial score (nSPS) is 8.88. The Labute approximate surface area is 94.9 Å². The van der Waals surface area contributed by atoms with Gasteiger partial charge in [-0.15, -0.1) is 0 Å². The highest BCUT2D eigenvalue weighted by Gasteiger charge is 1.97. The summed E-state index contributed by atoms with van der Waals surface area (Å²) in [5, 5.41) is 2.57. The molecule has 0 atom stereocenters. The van der Waals surface area contributed by atoms with Crippen molar-refractivity contribution >= 4 is 11.7 Å². The highest BCUT2D eigenvalue weighted by atomic mass is 16.1. The molecule has 1 aromatic carbocycles. The molecule has 1 amide bonds. The van der Waals surface area contributed by atoms with E-state index in [1.54, 1.807) is 18.2 Å². The molecular formula is C13H13NO2. The number of Topliss-reactive ketones (excluding diaryl/α,β-unsaturated/α-hetero) is 1. The van der Waals surface area contributed by atoms with Crippen LogP contribution in [0.15, 0.2) is 24.3 Å². The molecular weight excluding hydrogens is 202 g/mol. The number of nitrogens with one attached hydrogen (secondary N) is 1. The average Bonchev–Trinajstić information content (AvgIpc) is 2.24. The Morgan fingerprint density at radius 2 is 2.06 bits per heavy atom. The monoisotopic (exact) mass is 215 g/mol. The molecule has 1 N–H and O–H groups in total. The van der Waals surface area contributed by atoms with Crippen LogP contribution in [0.1, 0.15) is 29.8 Å². The summed E-state index contributed by atoms with van der Waals surface area (Å²) in [5.41, 5.74) is 1.42. The zero-order chi connectivity index (χ0) is 12.0. The van der Waals surface area contributed by atoms with Gasteiger partial charge in [0.25, 0.3) is 0 Å². The number of benzene rings is 1. The summed E-state index contributed by atoms with van der Waals surface area (Å²) < 4.78 is 0. The zero-order valence-corrected chi connectivity index (χ0v) is 9.33. The van der Waals surface area contributed by atoms with E-state index in [0.717, 1.165) is 5.56 Å². The van der Waals surface area contributed by atoms with Crippen LogP contribution in [0.25, 0.3) is 0 Å². The minimum absolute atomic E-state index is 0.0190. The largest absolute Gasteiger partial charge is 0.345 e. The number of ketones is 1. The summed E-state index contributed by atoms with van der Waals surface area (Å²) in [5.74, 6) is 5.60. The third kappa shape index (κ3) is 3.97. The van der Waals surface area contributed by atoms with Crippen molar-refractivity contribution in [1.82, 2.24) is 5.32 Å². The van der Waals surface area contributed by atoms with Crippen LogP contribution in [0, 0.1) is 11.8 Å². The first-order chi connectivity index (χ1) is 7.59. The van der Waals surface area contributed by atoms with E-state index in [4.69, 9.17) is 0 Å². The third-order valence-electron chi connectivity index (χ3n) is 1.93. The van der Waals surface area contributed by atoms with Crippen LogP contribution in [0.3, 0.4) is 0 Å². The van der Waals surface area contributed by atoms with E-state index < -0.39 is 0 Å². The van der Waals surface area contributed by atoms with Crippen LogP contribution < -0.4 is 5.32 Å². The number of hydrogen-bond donors (Lipinski definition) is 1. The van der Waals surface area contributed by atoms with E-state index in [1.165, 1.54) is 13.8 Å². The van der Waals surface area contributed by atoms with E-state index in [9.17, 15) is 9.59 Å². The molecule has 16 heavy (non-hydrogen) atoms. The second-order valence-electron chi connectivity index (χ2n) is 3.35. The Balaban J connectivity index is 2.70. The van der Waals surface area contributed by atoms with Gasteiger partial charge in [-0.1, -0.05) is 24.0 Å². The first kappa shape index (κ1) is 12.0. The predicted octanol–water partition coefficient (Wildman–Crippen LogP) is 1.38. The summed E-state index contributed by atoms with van der Waals surface area (Å²) in [6.45, 7) is 3.28. The molecule has 82 valence electrons. The van der Waals surface area contributed by atoms with E-state index in [0.29, 0.717) is 12.1 Å². The van der Waals surface area contributed by atoms with Gasteiger partial charge in [0, 0.05) is 18.1 Å². The van der Waals surface area contributed by atoms with Gasteiger partial charge in [-0.25, -0.2) is 0 Å². The number of hydrogen-bond acceptors (Lipinski definition) is 2. The van der Waals surface area contributed by atoms with Gasteiger partial charge in [-0.3, -0.25) is 9.59 Å². The average molecular weight is 215 g/mol. The Hall–Kier alpha value is -2.08. The van der Waals surface area contributed by atoms with Gasteiger partial charge in [-0.05, 0) is 19.1 Å². The van der Waals surface area contributed by atoms with Crippen LogP contribution in [-0.4, -0.2) is 18.2 Å². The van der Waals surface area contributed by atoms with Gasteiger partial charge in [-0.2, -0.15) is 0 Å². The van der Waals surface area contributed by atoms with Gasteiger partial charge < -0.3 is 5.32 Å². The van der Waals surface area contributed by atoms with Crippen molar-refractivity contribution in [3.63, 3.8) is 0 Å². The lowest BCUT2D eigenvalue weighted by atomic mass is 10.1. The molecule has 0 bridgehead atoms. The van der Waals surface area contributed by atoms with E-state index >= 15 is 0 Å². The fraction of sp³-hybridized carbons (Fsp3) is 0.231. The number of carbonyl (C=O) groups excluding carboxylic acids is 2. The molecule has 0 aliphatic heterocycles. The third-order valence-corrected chi connectivity index (χ3v) is 1.93. The van der Waals surface area contributed by atoms with E-state index in [2.05, 4.69) is 17.2 Å². The summed E-state index contributed by atoms with van der Waals surface area (Å²) in [4.78, 5) is 21.7. The molecule has 0 unspecified atom stereocenters. The fourth-order valence-corrected chi connectivity index (χ4v) is 1.13. The van der Waals surface area contributed by atoms with Crippen LogP contribution in [0.5, 0.6) is 0 Å². The second-order valence-corrected chi connectivity index (χ2v) is 3.35. The number of rotatable bonds is 2. The predicted molar refractivity (Wildman–Crippen MR) is 62.0 cm³/mol. The molecule has 0 heterocycles. The molecule has 0 saturated heterocycles. The van der Waals surface area contributed by atoms with Gasteiger partial charge in [0.2, 0.25) is 5.91 Å². The van der Waals surface area contributed by atoms with Crippen molar-refractivity contribution in [1.29, 1.82) is 0 Å². The molecule has 0 radical (unpaired) electrons. The summed E-state index contributed by atoms with van der Waals surface area (Å²) in [7, 11) is 0. The molecule has 1 aromatic rings. The van der Waals surface area contributed by atoms with Gasteiger partial charge in [0.05, 0.1) is 6.54 Å². The lowest BCUT2D eigenvalue weighted by molar-refractivity contribution is -0.118. The topological polar surface area (TPSA) is 46.2 Å². The lowest BCUT2D eigenvalue weighted by Gasteiger charge is -1.95. The standard InChI is InChI=1S/C13H13NO2/c1-10(15)13-7-3-5-12(9-13)6-4-8-14-11(2)16/h3,5,7,9H,8H2,1-2H3,(H,14,16). The Morgan fingerprint density at radius 3 is 2.69 bits per heavy atom. The SMILES string of the molecule is CC(=O)NCC#Cc1cccc(C(C)=O)c1. The van der Waals surface area contributed by atoms with Gasteiger partial charge >= 0.3 is 0 Å². The maximum absolute atomic E-state index is 11.1. The number of amides is 1. The Morgan fingerprint density at radius 1 is 1.31 bits per heavy atom. The first-order valence-electron chi connectivity index (χ1n) is 4.94. The molecule has 0 spiro atoms. The summed E-state index contributed by atoms with van der Waals surface area (Å²) >= 11 is 0. The Kier molecular flexibility index (Phi) is 4.28. The first-order valence-corrected chi connectivity index (χ1v) is 4.94. The maximum Gasteiger partial charge on any atom is 0.217 e. The molecule has 0 aromatic heterocycles. The van der Waals surface area contributed by atoms with Crippen LogP contribution in [0.4, 0.5) is 0 Å².